The van der Waals surface area contributed by atoms with E-state index in [4.69, 9.17) is 5.11 Å². The van der Waals surface area contributed by atoms with Crippen molar-refractivity contribution in [2.45, 2.75) is 6.54 Å². The second kappa shape index (κ2) is 6.08. The molecule has 118 valence electrons. The summed E-state index contributed by atoms with van der Waals surface area (Å²) >= 11 is 0. The Morgan fingerprint density at radius 1 is 1.09 bits per heavy atom. The number of carboxylic acid groups (broad SMARTS) is 1. The molecule has 1 aliphatic rings. The number of carboxylic acids is 1. The number of hydrogen-bond donors (Lipinski definition) is 1. The summed E-state index contributed by atoms with van der Waals surface area (Å²) in [6.45, 7) is -0.0233. The molecule has 0 fully saturated rings. The number of nitrogens with zero attached hydrogens (tertiary/aromatic N) is 2. The number of carbonyl (C=O) groups excluding carboxylic acids is 1. The van der Waals surface area contributed by atoms with Gasteiger partial charge in [0.05, 0.1) is 17.9 Å². The third kappa shape index (κ3) is 3.01. The zero-order valence-electron chi connectivity index (χ0n) is 12.3. The Hall–Kier alpha value is -2.89. The molecule has 3 rings (SSSR count). The minimum absolute atomic E-state index is 0.108. The topological polar surface area (TPSA) is 60.9 Å². The van der Waals surface area contributed by atoms with Gasteiger partial charge in [0.2, 0.25) is 0 Å². The third-order valence-corrected chi connectivity index (χ3v) is 3.75. The Balaban J connectivity index is 1.95. The summed E-state index contributed by atoms with van der Waals surface area (Å²) in [4.78, 5) is 26.4. The molecule has 0 unspecified atom stereocenters. The number of carbonyl (C=O) groups is 2. The summed E-state index contributed by atoms with van der Waals surface area (Å²) < 4.78 is 13.9. The highest BCUT2D eigenvalue weighted by molar-refractivity contribution is 6.02. The highest BCUT2D eigenvalue weighted by Gasteiger charge is 2.30. The van der Waals surface area contributed by atoms with Crippen LogP contribution in [0.25, 0.3) is 0 Å². The second-order valence-corrected chi connectivity index (χ2v) is 5.34. The smallest absolute Gasteiger partial charge is 0.323 e. The molecule has 1 N–H and O–H groups in total. The average molecular weight is 314 g/mol. The van der Waals surface area contributed by atoms with Gasteiger partial charge in [-0.3, -0.25) is 9.59 Å². The van der Waals surface area contributed by atoms with E-state index in [1.165, 1.54) is 11.0 Å². The number of hydrogen-bond acceptors (Lipinski definition) is 3. The molecule has 0 atom stereocenters. The van der Waals surface area contributed by atoms with Crippen LogP contribution < -0.4 is 4.90 Å². The van der Waals surface area contributed by atoms with Crippen molar-refractivity contribution in [3.8, 4) is 0 Å². The van der Waals surface area contributed by atoms with E-state index in [9.17, 15) is 14.0 Å². The van der Waals surface area contributed by atoms with E-state index in [1.807, 2.05) is 0 Å². The zero-order valence-corrected chi connectivity index (χ0v) is 12.3. The summed E-state index contributed by atoms with van der Waals surface area (Å²) in [5.41, 5.74) is 1.60. The molecule has 0 aliphatic carbocycles. The van der Waals surface area contributed by atoms with Gasteiger partial charge in [0.25, 0.3) is 5.91 Å². The molecule has 2 aromatic rings. The van der Waals surface area contributed by atoms with E-state index in [0.29, 0.717) is 16.8 Å². The summed E-state index contributed by atoms with van der Waals surface area (Å²) in [5.74, 6) is -1.73. The van der Waals surface area contributed by atoms with E-state index >= 15 is 0 Å². The molecule has 0 saturated heterocycles. The first-order valence-corrected chi connectivity index (χ1v) is 7.14. The number of anilines is 1. The maximum Gasteiger partial charge on any atom is 0.323 e. The predicted octanol–water partition coefficient (Wildman–Crippen LogP) is 2.33. The van der Waals surface area contributed by atoms with E-state index in [-0.39, 0.29) is 31.5 Å². The Bertz CT molecular complexity index is 763. The molecule has 5 nitrogen and oxygen atoms in total. The molecule has 0 aromatic heterocycles. The van der Waals surface area contributed by atoms with Crippen LogP contribution in [0.1, 0.15) is 15.9 Å². The van der Waals surface area contributed by atoms with Gasteiger partial charge in [0.1, 0.15) is 12.4 Å². The minimum Gasteiger partial charge on any atom is -0.480 e. The monoisotopic (exact) mass is 314 g/mol. The van der Waals surface area contributed by atoms with Crippen LogP contribution in [0.4, 0.5) is 10.1 Å². The Labute approximate surface area is 132 Å². The lowest BCUT2D eigenvalue weighted by Gasteiger charge is -2.37. The molecule has 0 radical (unpaired) electrons. The van der Waals surface area contributed by atoms with E-state index in [0.717, 1.165) is 0 Å². The van der Waals surface area contributed by atoms with Crippen molar-refractivity contribution in [1.29, 1.82) is 0 Å². The van der Waals surface area contributed by atoms with Gasteiger partial charge in [-0.25, -0.2) is 4.39 Å². The molecular weight excluding hydrogens is 299 g/mol. The van der Waals surface area contributed by atoms with Crippen LogP contribution in [-0.2, 0) is 11.3 Å². The number of amides is 1. The van der Waals surface area contributed by atoms with Crippen LogP contribution in [0.5, 0.6) is 0 Å². The molecular formula is C17H15FN2O3. The first kappa shape index (κ1) is 15.0. The predicted molar refractivity (Wildman–Crippen MR) is 82.6 cm³/mol. The first-order valence-electron chi connectivity index (χ1n) is 7.14. The highest BCUT2D eigenvalue weighted by Crippen LogP contribution is 2.28. The highest BCUT2D eigenvalue weighted by atomic mass is 19.1. The molecule has 0 spiro atoms. The van der Waals surface area contributed by atoms with Crippen molar-refractivity contribution in [2.75, 3.05) is 18.1 Å². The lowest BCUT2D eigenvalue weighted by molar-refractivity contribution is -0.137. The number of aliphatic carboxylic acids is 1. The molecule has 2 aromatic carbocycles. The molecule has 1 amide bonds. The van der Waals surface area contributed by atoms with Gasteiger partial charge in [-0.2, -0.15) is 0 Å². The van der Waals surface area contributed by atoms with Gasteiger partial charge in [-0.1, -0.05) is 30.3 Å². The van der Waals surface area contributed by atoms with Crippen molar-refractivity contribution < 1.29 is 19.1 Å². The zero-order chi connectivity index (χ0) is 16.4. The second-order valence-electron chi connectivity index (χ2n) is 5.34. The normalized spacial score (nSPS) is 13.9. The molecule has 1 aliphatic heterocycles. The standard InChI is InChI=1S/C17H15FN2O3/c18-14-7-3-1-5-12(14)9-19-11-20(10-16(21)22)17(23)13-6-2-4-8-15(13)19/h1-8H,9-11H2,(H,21,22). The lowest BCUT2D eigenvalue weighted by Crippen LogP contribution is -2.48. The van der Waals surface area contributed by atoms with Crippen LogP contribution in [0, 0.1) is 5.82 Å². The van der Waals surface area contributed by atoms with Crippen LogP contribution in [0.2, 0.25) is 0 Å². The number of rotatable bonds is 4. The molecule has 0 saturated carbocycles. The first-order chi connectivity index (χ1) is 11.1. The largest absolute Gasteiger partial charge is 0.480 e. The minimum atomic E-state index is -1.08. The van der Waals surface area contributed by atoms with E-state index in [2.05, 4.69) is 0 Å². The maximum atomic E-state index is 13.9. The fourth-order valence-corrected chi connectivity index (χ4v) is 2.70. The fourth-order valence-electron chi connectivity index (χ4n) is 2.70. The van der Waals surface area contributed by atoms with Gasteiger partial charge >= 0.3 is 5.97 Å². The van der Waals surface area contributed by atoms with Gasteiger partial charge in [0, 0.05) is 12.1 Å². The van der Waals surface area contributed by atoms with Gasteiger partial charge in [0.15, 0.2) is 0 Å². The van der Waals surface area contributed by atoms with Crippen molar-refractivity contribution >= 4 is 17.6 Å². The number of benzene rings is 2. The summed E-state index contributed by atoms with van der Waals surface area (Å²) in [6.07, 6.45) is 0. The summed E-state index contributed by atoms with van der Waals surface area (Å²) in [5, 5.41) is 8.98. The average Bonchev–Trinajstić information content (AvgIpc) is 2.53. The number of para-hydroxylation sites is 1. The molecule has 23 heavy (non-hydrogen) atoms. The Morgan fingerprint density at radius 3 is 2.52 bits per heavy atom. The van der Waals surface area contributed by atoms with Gasteiger partial charge in [-0.05, 0) is 18.2 Å². The SMILES string of the molecule is O=C(O)CN1CN(Cc2ccccc2F)c2ccccc2C1=O. The van der Waals surface area contributed by atoms with Crippen molar-refractivity contribution in [3.05, 3.63) is 65.5 Å². The Kier molecular flexibility index (Phi) is 3.97. The third-order valence-electron chi connectivity index (χ3n) is 3.75. The molecule has 1 heterocycles. The molecule has 6 heteroatoms. The quantitative estimate of drug-likeness (QED) is 0.941. The van der Waals surface area contributed by atoms with Crippen LogP contribution in [-0.4, -0.2) is 35.1 Å². The van der Waals surface area contributed by atoms with Gasteiger partial charge < -0.3 is 14.9 Å². The van der Waals surface area contributed by atoms with Gasteiger partial charge in [-0.15, -0.1) is 0 Å². The summed E-state index contributed by atoms with van der Waals surface area (Å²) in [7, 11) is 0. The number of halogens is 1. The number of fused-ring (bicyclic) bond motifs is 1. The lowest BCUT2D eigenvalue weighted by atomic mass is 10.1. The van der Waals surface area contributed by atoms with Crippen molar-refractivity contribution in [1.82, 2.24) is 4.90 Å². The van der Waals surface area contributed by atoms with Crippen LogP contribution in [0.15, 0.2) is 48.5 Å². The molecule has 0 bridgehead atoms. The van der Waals surface area contributed by atoms with Crippen molar-refractivity contribution in [3.63, 3.8) is 0 Å². The summed E-state index contributed by atoms with van der Waals surface area (Å²) in [6, 6.07) is 13.4. The Morgan fingerprint density at radius 2 is 1.78 bits per heavy atom. The van der Waals surface area contributed by atoms with E-state index in [1.54, 1.807) is 47.4 Å². The van der Waals surface area contributed by atoms with Crippen LogP contribution in [0.3, 0.4) is 0 Å². The van der Waals surface area contributed by atoms with Crippen molar-refractivity contribution in [2.24, 2.45) is 0 Å². The van der Waals surface area contributed by atoms with Crippen LogP contribution >= 0.6 is 0 Å². The fraction of sp³-hybridized carbons (Fsp3) is 0.176. The van der Waals surface area contributed by atoms with E-state index < -0.39 is 5.97 Å². The maximum absolute atomic E-state index is 13.9.